The molecule has 0 radical (unpaired) electrons. The van der Waals surface area contributed by atoms with Crippen molar-refractivity contribution in [3.63, 3.8) is 0 Å². The standard InChI is InChI=1S/C12H20N2/c1-8(2)10(4)12(13)11-7-9(3)5-6-14-11/h5-8,10,12H,13H2,1-4H3. The molecule has 0 saturated carbocycles. The molecule has 14 heavy (non-hydrogen) atoms. The number of hydrogen-bond acceptors (Lipinski definition) is 2. The highest BCUT2D eigenvalue weighted by atomic mass is 14.8. The highest BCUT2D eigenvalue weighted by molar-refractivity contribution is 5.17. The molecule has 1 rings (SSSR count). The maximum Gasteiger partial charge on any atom is 0.0576 e. The van der Waals surface area contributed by atoms with E-state index in [1.165, 1.54) is 5.56 Å². The van der Waals surface area contributed by atoms with Crippen molar-refractivity contribution in [2.75, 3.05) is 0 Å². The van der Waals surface area contributed by atoms with E-state index in [0.29, 0.717) is 11.8 Å². The van der Waals surface area contributed by atoms with Crippen LogP contribution in [-0.4, -0.2) is 4.98 Å². The summed E-state index contributed by atoms with van der Waals surface area (Å²) in [6.45, 7) is 8.64. The first-order valence-corrected chi connectivity index (χ1v) is 5.20. The Morgan fingerprint density at radius 2 is 1.93 bits per heavy atom. The minimum atomic E-state index is 0.0508. The average Bonchev–Trinajstić information content (AvgIpc) is 2.15. The number of aryl methyl sites for hydroxylation is 1. The van der Waals surface area contributed by atoms with Crippen LogP contribution in [0.1, 0.15) is 38.1 Å². The minimum Gasteiger partial charge on any atom is -0.322 e. The van der Waals surface area contributed by atoms with Gasteiger partial charge in [-0.05, 0) is 36.5 Å². The molecule has 0 fully saturated rings. The molecule has 78 valence electrons. The Labute approximate surface area is 86.5 Å². The SMILES string of the molecule is Cc1ccnc(C(N)C(C)C(C)C)c1. The van der Waals surface area contributed by atoms with Crippen molar-refractivity contribution in [2.24, 2.45) is 17.6 Å². The summed E-state index contributed by atoms with van der Waals surface area (Å²) in [6.07, 6.45) is 1.83. The second-order valence-corrected chi connectivity index (χ2v) is 4.39. The Hall–Kier alpha value is -0.890. The first-order valence-electron chi connectivity index (χ1n) is 5.20. The molecule has 2 nitrogen and oxygen atoms in total. The Balaban J connectivity index is 2.83. The number of aromatic nitrogens is 1. The maximum absolute atomic E-state index is 6.15. The zero-order chi connectivity index (χ0) is 10.7. The molecule has 0 spiro atoms. The summed E-state index contributed by atoms with van der Waals surface area (Å²) in [5.74, 6) is 1.05. The van der Waals surface area contributed by atoms with Crippen LogP contribution in [0, 0.1) is 18.8 Å². The highest BCUT2D eigenvalue weighted by Gasteiger charge is 2.18. The van der Waals surface area contributed by atoms with Gasteiger partial charge in [0.1, 0.15) is 0 Å². The summed E-state index contributed by atoms with van der Waals surface area (Å²) >= 11 is 0. The second-order valence-electron chi connectivity index (χ2n) is 4.39. The van der Waals surface area contributed by atoms with Crippen molar-refractivity contribution in [2.45, 2.75) is 33.7 Å². The number of pyridine rings is 1. The van der Waals surface area contributed by atoms with Gasteiger partial charge in [-0.3, -0.25) is 4.98 Å². The van der Waals surface area contributed by atoms with E-state index in [0.717, 1.165) is 5.69 Å². The van der Waals surface area contributed by atoms with Gasteiger partial charge >= 0.3 is 0 Å². The van der Waals surface area contributed by atoms with Gasteiger partial charge in [-0.25, -0.2) is 0 Å². The molecular weight excluding hydrogens is 172 g/mol. The van der Waals surface area contributed by atoms with Crippen LogP contribution in [0.3, 0.4) is 0 Å². The molecule has 0 aromatic carbocycles. The molecule has 1 aromatic heterocycles. The minimum absolute atomic E-state index is 0.0508. The Morgan fingerprint density at radius 3 is 2.43 bits per heavy atom. The lowest BCUT2D eigenvalue weighted by molar-refractivity contribution is 0.347. The fourth-order valence-electron chi connectivity index (χ4n) is 1.43. The summed E-state index contributed by atoms with van der Waals surface area (Å²) in [4.78, 5) is 4.32. The monoisotopic (exact) mass is 192 g/mol. The molecule has 2 N–H and O–H groups in total. The molecule has 0 saturated heterocycles. The Morgan fingerprint density at radius 1 is 1.29 bits per heavy atom. The van der Waals surface area contributed by atoms with Gasteiger partial charge in [0.15, 0.2) is 0 Å². The Kier molecular flexibility index (Phi) is 3.64. The third kappa shape index (κ3) is 2.55. The van der Waals surface area contributed by atoms with Gasteiger partial charge < -0.3 is 5.73 Å². The molecule has 0 aliphatic heterocycles. The molecule has 1 aromatic rings. The molecule has 0 aliphatic carbocycles. The first-order chi connectivity index (χ1) is 6.52. The number of nitrogens with zero attached hydrogens (tertiary/aromatic N) is 1. The van der Waals surface area contributed by atoms with Crippen LogP contribution in [0.4, 0.5) is 0 Å². The van der Waals surface area contributed by atoms with Crippen LogP contribution in [0.15, 0.2) is 18.3 Å². The van der Waals surface area contributed by atoms with Crippen LogP contribution in [0.2, 0.25) is 0 Å². The normalized spacial score (nSPS) is 15.6. The largest absolute Gasteiger partial charge is 0.322 e. The van der Waals surface area contributed by atoms with E-state index in [4.69, 9.17) is 5.73 Å². The molecule has 0 amide bonds. The van der Waals surface area contributed by atoms with Crippen LogP contribution in [0.25, 0.3) is 0 Å². The molecule has 1 heterocycles. The predicted molar refractivity (Wildman–Crippen MR) is 59.9 cm³/mol. The van der Waals surface area contributed by atoms with E-state index in [-0.39, 0.29) is 6.04 Å². The third-order valence-corrected chi connectivity index (χ3v) is 2.90. The summed E-state index contributed by atoms with van der Waals surface area (Å²) in [7, 11) is 0. The van der Waals surface area contributed by atoms with E-state index in [2.05, 4.69) is 38.7 Å². The molecule has 0 aliphatic rings. The maximum atomic E-state index is 6.15. The van der Waals surface area contributed by atoms with Gasteiger partial charge in [0.05, 0.1) is 5.69 Å². The highest BCUT2D eigenvalue weighted by Crippen LogP contribution is 2.24. The lowest BCUT2D eigenvalue weighted by Crippen LogP contribution is -2.24. The lowest BCUT2D eigenvalue weighted by Gasteiger charge is -2.22. The quantitative estimate of drug-likeness (QED) is 0.799. The predicted octanol–water partition coefficient (Wildman–Crippen LogP) is 2.68. The zero-order valence-corrected chi connectivity index (χ0v) is 9.49. The van der Waals surface area contributed by atoms with Crippen LogP contribution < -0.4 is 5.73 Å². The van der Waals surface area contributed by atoms with Crippen LogP contribution >= 0.6 is 0 Å². The van der Waals surface area contributed by atoms with Crippen LogP contribution in [-0.2, 0) is 0 Å². The van der Waals surface area contributed by atoms with Gasteiger partial charge in [0.2, 0.25) is 0 Å². The van der Waals surface area contributed by atoms with E-state index < -0.39 is 0 Å². The van der Waals surface area contributed by atoms with E-state index in [1.54, 1.807) is 0 Å². The number of rotatable bonds is 3. The molecule has 0 bridgehead atoms. The van der Waals surface area contributed by atoms with E-state index >= 15 is 0 Å². The van der Waals surface area contributed by atoms with Gasteiger partial charge in [0.25, 0.3) is 0 Å². The van der Waals surface area contributed by atoms with E-state index in [9.17, 15) is 0 Å². The smallest absolute Gasteiger partial charge is 0.0576 e. The zero-order valence-electron chi connectivity index (χ0n) is 9.49. The average molecular weight is 192 g/mol. The molecule has 2 heteroatoms. The van der Waals surface area contributed by atoms with Gasteiger partial charge in [-0.2, -0.15) is 0 Å². The summed E-state index contributed by atoms with van der Waals surface area (Å²) < 4.78 is 0. The topological polar surface area (TPSA) is 38.9 Å². The fraction of sp³-hybridized carbons (Fsp3) is 0.583. The van der Waals surface area contributed by atoms with Crippen molar-refractivity contribution in [3.05, 3.63) is 29.6 Å². The van der Waals surface area contributed by atoms with Crippen molar-refractivity contribution in [1.82, 2.24) is 4.98 Å². The number of hydrogen-bond donors (Lipinski definition) is 1. The fourth-order valence-corrected chi connectivity index (χ4v) is 1.43. The first kappa shape index (κ1) is 11.2. The summed E-state index contributed by atoms with van der Waals surface area (Å²) in [5, 5.41) is 0. The molecular formula is C12H20N2. The van der Waals surface area contributed by atoms with Crippen molar-refractivity contribution < 1.29 is 0 Å². The lowest BCUT2D eigenvalue weighted by atomic mass is 9.88. The molecule has 2 unspecified atom stereocenters. The van der Waals surface area contributed by atoms with Gasteiger partial charge in [-0.15, -0.1) is 0 Å². The van der Waals surface area contributed by atoms with Crippen molar-refractivity contribution in [3.8, 4) is 0 Å². The van der Waals surface area contributed by atoms with Crippen molar-refractivity contribution in [1.29, 1.82) is 0 Å². The third-order valence-electron chi connectivity index (χ3n) is 2.90. The van der Waals surface area contributed by atoms with Crippen molar-refractivity contribution >= 4 is 0 Å². The van der Waals surface area contributed by atoms with Gasteiger partial charge in [0, 0.05) is 12.2 Å². The Bertz CT molecular complexity index is 294. The van der Waals surface area contributed by atoms with E-state index in [1.807, 2.05) is 12.3 Å². The summed E-state index contributed by atoms with van der Waals surface area (Å²) in [6, 6.07) is 4.12. The summed E-state index contributed by atoms with van der Waals surface area (Å²) in [5.41, 5.74) is 8.38. The number of nitrogens with two attached hydrogens (primary N) is 1. The van der Waals surface area contributed by atoms with Crippen LogP contribution in [0.5, 0.6) is 0 Å². The second kappa shape index (κ2) is 4.56. The van der Waals surface area contributed by atoms with Gasteiger partial charge in [-0.1, -0.05) is 20.8 Å². The molecule has 2 atom stereocenters.